The van der Waals surface area contributed by atoms with Crippen molar-refractivity contribution in [2.75, 3.05) is 20.2 Å². The van der Waals surface area contributed by atoms with E-state index in [1.54, 1.807) is 44.2 Å². The second-order valence-electron chi connectivity index (χ2n) is 8.96. The Hall–Kier alpha value is -3.35. The van der Waals surface area contributed by atoms with Crippen LogP contribution in [0.3, 0.4) is 0 Å². The number of unbranched alkanes of at least 4 members (excludes halogenated alkanes) is 1. The number of benzene rings is 2. The first-order chi connectivity index (χ1) is 17.5. The number of nitrogens with zero attached hydrogens (tertiary/aromatic N) is 2. The van der Waals surface area contributed by atoms with Crippen LogP contribution in [0.2, 0.25) is 0 Å². The number of non-ortho nitro benzene ring substituents is 1. The maximum absolute atomic E-state index is 14.3. The molecule has 0 aliphatic carbocycles. The smallest absolute Gasteiger partial charge is 0.465 e. The number of carbonyl (C=O) groups excluding carboxylic acids is 2. The quantitative estimate of drug-likeness (QED) is 0.132. The Morgan fingerprint density at radius 1 is 1.05 bits per heavy atom. The Bertz CT molecular complexity index is 1170. The van der Waals surface area contributed by atoms with Gasteiger partial charge in [-0.25, -0.2) is 4.79 Å². The maximum Gasteiger partial charge on any atom is 0.533 e. The summed E-state index contributed by atoms with van der Waals surface area (Å²) in [7, 11) is -3.57. The van der Waals surface area contributed by atoms with Crippen LogP contribution in [0, 0.1) is 16.0 Å². The number of amides is 1. The summed E-state index contributed by atoms with van der Waals surface area (Å²) in [5, 5.41) is 11.1. The summed E-state index contributed by atoms with van der Waals surface area (Å²) in [6, 6.07) is 11.4. The van der Waals surface area contributed by atoms with Crippen molar-refractivity contribution >= 4 is 27.8 Å². The van der Waals surface area contributed by atoms with Gasteiger partial charge < -0.3 is 15.2 Å². The maximum atomic E-state index is 14.3. The normalized spacial score (nSPS) is 14.0. The molecule has 0 bridgehead atoms. The molecule has 37 heavy (non-hydrogen) atoms. The van der Waals surface area contributed by atoms with Crippen molar-refractivity contribution in [1.29, 1.82) is 0 Å². The lowest BCUT2D eigenvalue weighted by molar-refractivity contribution is -0.756. The summed E-state index contributed by atoms with van der Waals surface area (Å²) in [5.41, 5.74) is 5.92. The number of esters is 1. The number of rotatable bonds is 13. The minimum atomic E-state index is -4.69. The molecule has 0 saturated heterocycles. The molecule has 2 atom stereocenters. The van der Waals surface area contributed by atoms with E-state index in [4.69, 9.17) is 15.2 Å². The molecule has 11 nitrogen and oxygen atoms in total. The number of sulfonamides is 1. The zero-order valence-electron chi connectivity index (χ0n) is 21.2. The topological polar surface area (TPSA) is 156 Å². The number of nitrogens with two attached hydrogens (primary N) is 1. The summed E-state index contributed by atoms with van der Waals surface area (Å²) < 4.78 is 37.7. The predicted molar refractivity (Wildman–Crippen MR) is 136 cm³/mol. The molecule has 0 spiro atoms. The fourth-order valence-electron chi connectivity index (χ4n) is 4.11. The Morgan fingerprint density at radius 2 is 1.68 bits per heavy atom. The average molecular weight is 537 g/mol. The van der Waals surface area contributed by atoms with Crippen LogP contribution >= 0.6 is 0 Å². The van der Waals surface area contributed by atoms with Crippen LogP contribution in [0.25, 0.3) is 0 Å². The molecule has 2 rings (SSSR count). The fraction of sp³-hybridized carbons (Fsp3) is 0.440. The second kappa shape index (κ2) is 13.3. The largest absolute Gasteiger partial charge is 0.533 e. The van der Waals surface area contributed by atoms with Crippen LogP contribution in [0.1, 0.15) is 38.7 Å². The summed E-state index contributed by atoms with van der Waals surface area (Å²) in [5.74, 6) is -1.27. The average Bonchev–Trinajstić information content (AvgIpc) is 2.88. The number of nitro benzene ring substituents is 1. The lowest BCUT2D eigenvalue weighted by Crippen LogP contribution is -2.66. The molecule has 1 amide bonds. The SMILES string of the molecule is COC(=O)[C@H](CCCCN)[N+](CC(C)C)(C(=O)OCc1ccccc1)S(=O)(=O)c1ccc([N+](=O)[O-])cc1. The standard InChI is InChI=1S/C25H34N3O8S/c1-19(2)17-28(23(24(29)35-3)11-7-8-16-26,25(30)36-18-20-9-5-4-6-10-20)37(33,34)22-14-12-21(13-15-22)27(31)32/h4-6,9-10,12-15,19,23H,7-8,11,16-18,26H2,1-3H3/q+1/t23-,28?/m0/s1. The third kappa shape index (κ3) is 6.90. The minimum Gasteiger partial charge on any atom is -0.465 e. The Morgan fingerprint density at radius 3 is 2.19 bits per heavy atom. The van der Waals surface area contributed by atoms with Gasteiger partial charge in [0.1, 0.15) is 18.0 Å². The van der Waals surface area contributed by atoms with E-state index in [-0.39, 0.29) is 36.1 Å². The first-order valence-corrected chi connectivity index (χ1v) is 13.3. The molecule has 0 aliphatic heterocycles. The molecular weight excluding hydrogens is 502 g/mol. The second-order valence-corrected chi connectivity index (χ2v) is 11.0. The Labute approximate surface area is 217 Å². The lowest BCUT2D eigenvalue weighted by atomic mass is 10.1. The number of ether oxygens (including phenoxy) is 2. The summed E-state index contributed by atoms with van der Waals surface area (Å²) in [6.07, 6.45) is -0.301. The van der Waals surface area contributed by atoms with Gasteiger partial charge in [-0.3, -0.25) is 10.1 Å². The van der Waals surface area contributed by atoms with E-state index >= 15 is 0 Å². The molecule has 0 heterocycles. The molecule has 2 aromatic rings. The van der Waals surface area contributed by atoms with E-state index in [1.165, 1.54) is 0 Å². The summed E-state index contributed by atoms with van der Waals surface area (Å²) in [4.78, 5) is 37.1. The Kier molecular flexibility index (Phi) is 10.7. The molecular formula is C25H34N3O8S+. The van der Waals surface area contributed by atoms with Crippen LogP contribution in [-0.2, 0) is 30.9 Å². The number of carbonyl (C=O) groups is 2. The molecule has 202 valence electrons. The van der Waals surface area contributed by atoms with Gasteiger partial charge in [0, 0.05) is 24.5 Å². The molecule has 0 fully saturated rings. The third-order valence-corrected chi connectivity index (χ3v) is 8.11. The summed E-state index contributed by atoms with van der Waals surface area (Å²) >= 11 is 0. The van der Waals surface area contributed by atoms with Gasteiger partial charge >= 0.3 is 22.1 Å². The monoisotopic (exact) mass is 536 g/mol. The van der Waals surface area contributed by atoms with E-state index in [1.807, 2.05) is 0 Å². The fourth-order valence-corrected chi connectivity index (χ4v) is 6.23. The molecule has 0 aliphatic rings. The third-order valence-electron chi connectivity index (χ3n) is 5.83. The number of nitro groups is 1. The zero-order valence-corrected chi connectivity index (χ0v) is 22.1. The molecule has 0 radical (unpaired) electrons. The van der Waals surface area contributed by atoms with Gasteiger partial charge in [-0.2, -0.15) is 13.2 Å². The van der Waals surface area contributed by atoms with Gasteiger partial charge in [-0.1, -0.05) is 44.2 Å². The molecule has 0 aromatic heterocycles. The van der Waals surface area contributed by atoms with Crippen LogP contribution < -0.4 is 5.73 Å². The highest BCUT2D eigenvalue weighted by molar-refractivity contribution is 7.86. The lowest BCUT2D eigenvalue weighted by Gasteiger charge is -2.38. The Balaban J connectivity index is 2.74. The van der Waals surface area contributed by atoms with Gasteiger partial charge in [-0.05, 0) is 37.1 Å². The van der Waals surface area contributed by atoms with Crippen molar-refractivity contribution in [2.24, 2.45) is 11.7 Å². The van der Waals surface area contributed by atoms with Crippen LogP contribution in [0.5, 0.6) is 0 Å². The number of hydrogen-bond donors (Lipinski definition) is 1. The van der Waals surface area contributed by atoms with Gasteiger partial charge in [0.05, 0.1) is 12.0 Å². The minimum absolute atomic E-state index is 0.0107. The van der Waals surface area contributed by atoms with Gasteiger partial charge in [0.2, 0.25) is 6.04 Å². The van der Waals surface area contributed by atoms with E-state index in [9.17, 15) is 28.1 Å². The molecule has 2 aromatic carbocycles. The van der Waals surface area contributed by atoms with Crippen molar-refractivity contribution in [3.8, 4) is 0 Å². The van der Waals surface area contributed by atoms with Gasteiger partial charge in [-0.15, -0.1) is 3.89 Å². The van der Waals surface area contributed by atoms with Crippen LogP contribution in [0.4, 0.5) is 10.5 Å². The molecule has 0 saturated carbocycles. The van der Waals surface area contributed by atoms with Crippen LogP contribution in [0.15, 0.2) is 59.5 Å². The summed E-state index contributed by atoms with van der Waals surface area (Å²) in [6.45, 7) is 3.24. The van der Waals surface area contributed by atoms with Crippen molar-refractivity contribution in [1.82, 2.24) is 0 Å². The van der Waals surface area contributed by atoms with E-state index in [2.05, 4.69) is 0 Å². The first-order valence-electron chi connectivity index (χ1n) is 11.9. The highest BCUT2D eigenvalue weighted by Gasteiger charge is 2.60. The van der Waals surface area contributed by atoms with Crippen molar-refractivity contribution in [3.05, 3.63) is 70.3 Å². The molecule has 2 N–H and O–H groups in total. The number of quaternary nitrogens is 1. The number of hydrogen-bond acceptors (Lipinski definition) is 9. The predicted octanol–water partition coefficient (Wildman–Crippen LogP) is 3.76. The molecule has 1 unspecified atom stereocenters. The van der Waals surface area contributed by atoms with E-state index in [0.717, 1.165) is 31.4 Å². The molecule has 12 heteroatoms. The van der Waals surface area contributed by atoms with E-state index < -0.39 is 36.9 Å². The highest BCUT2D eigenvalue weighted by Crippen LogP contribution is 2.35. The van der Waals surface area contributed by atoms with E-state index in [0.29, 0.717) is 24.9 Å². The van der Waals surface area contributed by atoms with Gasteiger partial charge in [0.25, 0.3) is 5.69 Å². The van der Waals surface area contributed by atoms with Crippen LogP contribution in [-0.4, -0.2) is 55.5 Å². The highest BCUT2D eigenvalue weighted by atomic mass is 32.2. The first kappa shape index (κ1) is 29.9. The van der Waals surface area contributed by atoms with Crippen molar-refractivity contribution < 1.29 is 36.3 Å². The van der Waals surface area contributed by atoms with Crippen molar-refractivity contribution in [2.45, 2.75) is 50.7 Å². The van der Waals surface area contributed by atoms with Gasteiger partial charge in [0.15, 0.2) is 0 Å². The number of methoxy groups -OCH3 is 1. The van der Waals surface area contributed by atoms with Crippen molar-refractivity contribution in [3.63, 3.8) is 0 Å². The zero-order chi connectivity index (χ0) is 27.6.